The fourth-order valence-corrected chi connectivity index (χ4v) is 3.43. The van der Waals surface area contributed by atoms with Crippen molar-refractivity contribution in [1.29, 1.82) is 0 Å². The van der Waals surface area contributed by atoms with E-state index in [9.17, 15) is 0 Å². The van der Waals surface area contributed by atoms with Crippen LogP contribution in [0.4, 0.5) is 0 Å². The molecule has 1 aliphatic rings. The van der Waals surface area contributed by atoms with Crippen molar-refractivity contribution in [1.82, 2.24) is 14.8 Å². The van der Waals surface area contributed by atoms with Gasteiger partial charge in [-0.2, -0.15) is 0 Å². The topological polar surface area (TPSA) is 19.4 Å². The smallest absolute Gasteiger partial charge is 0.0543 e. The minimum atomic E-state index is 0.980. The third-order valence-corrected chi connectivity index (χ3v) is 4.61. The second kappa shape index (κ2) is 6.97. The van der Waals surface area contributed by atoms with Crippen LogP contribution in [0.5, 0.6) is 0 Å². The maximum absolute atomic E-state index is 4.43. The molecule has 0 aliphatic carbocycles. The summed E-state index contributed by atoms with van der Waals surface area (Å²) < 4.78 is 0. The maximum atomic E-state index is 4.43. The first-order chi connectivity index (χ1) is 9.90. The highest BCUT2D eigenvalue weighted by molar-refractivity contribution is 7.09. The van der Waals surface area contributed by atoms with Crippen molar-refractivity contribution in [3.05, 3.63) is 52.5 Å². The zero-order chi connectivity index (χ0) is 13.6. The molecule has 1 saturated heterocycles. The third kappa shape index (κ3) is 3.88. The Morgan fingerprint density at radius 2 is 1.80 bits per heavy atom. The van der Waals surface area contributed by atoms with Gasteiger partial charge in [0.1, 0.15) is 0 Å². The van der Waals surface area contributed by atoms with Gasteiger partial charge in [0.15, 0.2) is 0 Å². The molecule has 0 saturated carbocycles. The van der Waals surface area contributed by atoms with E-state index < -0.39 is 0 Å². The average molecular weight is 287 g/mol. The van der Waals surface area contributed by atoms with E-state index >= 15 is 0 Å². The van der Waals surface area contributed by atoms with Gasteiger partial charge in [0.05, 0.1) is 5.69 Å². The molecule has 4 heteroatoms. The summed E-state index contributed by atoms with van der Waals surface area (Å²) in [4.78, 5) is 11.0. The lowest BCUT2D eigenvalue weighted by Gasteiger charge is -2.21. The van der Waals surface area contributed by atoms with Gasteiger partial charge < -0.3 is 0 Å². The van der Waals surface area contributed by atoms with E-state index in [4.69, 9.17) is 0 Å². The third-order valence-electron chi connectivity index (χ3n) is 3.75. The predicted octanol–water partition coefficient (Wildman–Crippen LogP) is 2.85. The summed E-state index contributed by atoms with van der Waals surface area (Å²) in [5.74, 6) is 0. The number of hydrogen-bond acceptors (Lipinski definition) is 4. The first-order valence-electron chi connectivity index (χ1n) is 7.27. The Kier molecular flexibility index (Phi) is 4.79. The molecule has 0 spiro atoms. The Bertz CT molecular complexity index is 498. The number of nitrogens with zero attached hydrogens (tertiary/aromatic N) is 3. The lowest BCUT2D eigenvalue weighted by Crippen LogP contribution is -2.30. The van der Waals surface area contributed by atoms with Crippen LogP contribution in [0.15, 0.2) is 41.9 Å². The standard InChI is InChI=1S/C16H21N3S/c1-2-7-17-15(5-1)13-18-8-4-9-19(11-10-18)14-16-6-3-12-20-16/h1-3,5-7,12H,4,8-11,13-14H2. The molecule has 3 nitrogen and oxygen atoms in total. The van der Waals surface area contributed by atoms with Gasteiger partial charge in [-0.05, 0) is 43.1 Å². The van der Waals surface area contributed by atoms with E-state index in [1.807, 2.05) is 23.6 Å². The second-order valence-corrected chi connectivity index (χ2v) is 6.34. The van der Waals surface area contributed by atoms with E-state index in [-0.39, 0.29) is 0 Å². The van der Waals surface area contributed by atoms with Gasteiger partial charge in [0.25, 0.3) is 0 Å². The molecular weight excluding hydrogens is 266 g/mol. The molecule has 3 rings (SSSR count). The highest BCUT2D eigenvalue weighted by Gasteiger charge is 2.15. The summed E-state index contributed by atoms with van der Waals surface area (Å²) in [6, 6.07) is 10.6. The molecule has 0 atom stereocenters. The summed E-state index contributed by atoms with van der Waals surface area (Å²) in [7, 11) is 0. The quantitative estimate of drug-likeness (QED) is 0.862. The van der Waals surface area contributed by atoms with E-state index in [1.165, 1.54) is 30.1 Å². The highest BCUT2D eigenvalue weighted by Crippen LogP contribution is 2.14. The van der Waals surface area contributed by atoms with Gasteiger partial charge in [-0.3, -0.25) is 14.8 Å². The molecule has 106 valence electrons. The minimum absolute atomic E-state index is 0.980. The number of rotatable bonds is 4. The monoisotopic (exact) mass is 287 g/mol. The molecule has 0 unspecified atom stereocenters. The molecular formula is C16H21N3S. The van der Waals surface area contributed by atoms with Crippen molar-refractivity contribution in [2.24, 2.45) is 0 Å². The number of pyridine rings is 1. The molecule has 0 N–H and O–H groups in total. The van der Waals surface area contributed by atoms with Crippen molar-refractivity contribution < 1.29 is 0 Å². The molecule has 3 heterocycles. The van der Waals surface area contributed by atoms with Gasteiger partial charge in [0.2, 0.25) is 0 Å². The van der Waals surface area contributed by atoms with Gasteiger partial charge in [-0.15, -0.1) is 11.3 Å². The Hall–Kier alpha value is -1.23. The fourth-order valence-electron chi connectivity index (χ4n) is 2.68. The summed E-state index contributed by atoms with van der Waals surface area (Å²) >= 11 is 1.86. The Balaban J connectivity index is 1.51. The van der Waals surface area contributed by atoms with Crippen LogP contribution < -0.4 is 0 Å². The first kappa shape index (κ1) is 13.7. The molecule has 1 aliphatic heterocycles. The van der Waals surface area contributed by atoms with Crippen LogP contribution >= 0.6 is 11.3 Å². The molecule has 0 radical (unpaired) electrons. The number of aromatic nitrogens is 1. The second-order valence-electron chi connectivity index (χ2n) is 5.31. The van der Waals surface area contributed by atoms with Crippen molar-refractivity contribution in [2.45, 2.75) is 19.5 Å². The zero-order valence-corrected chi connectivity index (χ0v) is 12.6. The lowest BCUT2D eigenvalue weighted by atomic mass is 10.3. The Labute approximate surface area is 124 Å². The normalized spacial score (nSPS) is 18.0. The Morgan fingerprint density at radius 1 is 0.950 bits per heavy atom. The molecule has 0 amide bonds. The average Bonchev–Trinajstić information content (AvgIpc) is 2.88. The van der Waals surface area contributed by atoms with Crippen LogP contribution in [0, 0.1) is 0 Å². The van der Waals surface area contributed by atoms with Crippen LogP contribution in [-0.4, -0.2) is 41.0 Å². The van der Waals surface area contributed by atoms with E-state index in [0.717, 1.165) is 26.2 Å². The largest absolute Gasteiger partial charge is 0.297 e. The fraction of sp³-hybridized carbons (Fsp3) is 0.438. The predicted molar refractivity (Wildman–Crippen MR) is 83.7 cm³/mol. The molecule has 20 heavy (non-hydrogen) atoms. The highest BCUT2D eigenvalue weighted by atomic mass is 32.1. The van der Waals surface area contributed by atoms with Crippen LogP contribution in [0.2, 0.25) is 0 Å². The summed E-state index contributed by atoms with van der Waals surface area (Å²) in [5.41, 5.74) is 1.18. The van der Waals surface area contributed by atoms with E-state index in [1.54, 1.807) is 0 Å². The lowest BCUT2D eigenvalue weighted by molar-refractivity contribution is 0.246. The SMILES string of the molecule is c1ccc(CN2CCCN(Cc3cccs3)CC2)nc1. The molecule has 1 fully saturated rings. The number of thiophene rings is 1. The van der Waals surface area contributed by atoms with E-state index in [0.29, 0.717) is 0 Å². The van der Waals surface area contributed by atoms with Gasteiger partial charge >= 0.3 is 0 Å². The Morgan fingerprint density at radius 3 is 2.50 bits per heavy atom. The van der Waals surface area contributed by atoms with Gasteiger partial charge in [0, 0.05) is 37.3 Å². The van der Waals surface area contributed by atoms with Crippen LogP contribution in [-0.2, 0) is 13.1 Å². The maximum Gasteiger partial charge on any atom is 0.0543 e. The summed E-state index contributed by atoms with van der Waals surface area (Å²) in [6.07, 6.45) is 3.13. The molecule has 0 aromatic carbocycles. The van der Waals surface area contributed by atoms with E-state index in [2.05, 4.69) is 44.4 Å². The summed E-state index contributed by atoms with van der Waals surface area (Å²) in [5, 5.41) is 2.17. The van der Waals surface area contributed by atoms with Gasteiger partial charge in [-0.1, -0.05) is 12.1 Å². The van der Waals surface area contributed by atoms with Crippen molar-refractivity contribution in [3.8, 4) is 0 Å². The van der Waals surface area contributed by atoms with Crippen LogP contribution in [0.1, 0.15) is 17.0 Å². The van der Waals surface area contributed by atoms with Crippen LogP contribution in [0.3, 0.4) is 0 Å². The van der Waals surface area contributed by atoms with Crippen molar-refractivity contribution in [2.75, 3.05) is 26.2 Å². The molecule has 0 bridgehead atoms. The zero-order valence-electron chi connectivity index (χ0n) is 11.7. The van der Waals surface area contributed by atoms with Gasteiger partial charge in [-0.25, -0.2) is 0 Å². The first-order valence-corrected chi connectivity index (χ1v) is 8.15. The molecule has 2 aromatic heterocycles. The molecule has 2 aromatic rings. The van der Waals surface area contributed by atoms with Crippen molar-refractivity contribution in [3.63, 3.8) is 0 Å². The summed E-state index contributed by atoms with van der Waals surface area (Å²) in [6.45, 7) is 6.77. The van der Waals surface area contributed by atoms with Crippen molar-refractivity contribution >= 4 is 11.3 Å². The van der Waals surface area contributed by atoms with Crippen LogP contribution in [0.25, 0.3) is 0 Å². The minimum Gasteiger partial charge on any atom is -0.297 e. The number of hydrogen-bond donors (Lipinski definition) is 0.